The van der Waals surface area contributed by atoms with Gasteiger partial charge < -0.3 is 14.6 Å². The van der Waals surface area contributed by atoms with Crippen LogP contribution in [0.4, 0.5) is 0 Å². The first-order valence-electron chi connectivity index (χ1n) is 7.68. The van der Waals surface area contributed by atoms with Crippen LogP contribution in [0.2, 0.25) is 0 Å². The summed E-state index contributed by atoms with van der Waals surface area (Å²) in [4.78, 5) is 0. The summed E-state index contributed by atoms with van der Waals surface area (Å²) >= 11 is 0. The molecule has 3 nitrogen and oxygen atoms in total. The Kier molecular flexibility index (Phi) is 3.99. The summed E-state index contributed by atoms with van der Waals surface area (Å²) in [6.45, 7) is 0.783. The molecule has 1 saturated heterocycles. The van der Waals surface area contributed by atoms with E-state index in [1.165, 1.54) is 12.8 Å². The second kappa shape index (κ2) is 5.74. The van der Waals surface area contributed by atoms with Crippen LogP contribution in [-0.4, -0.2) is 24.4 Å². The molecule has 3 heteroatoms. The van der Waals surface area contributed by atoms with Gasteiger partial charge >= 0.3 is 0 Å². The molecular formula is C17H24O3. The highest BCUT2D eigenvalue weighted by Crippen LogP contribution is 2.45. The van der Waals surface area contributed by atoms with Crippen molar-refractivity contribution >= 4 is 0 Å². The van der Waals surface area contributed by atoms with Crippen LogP contribution in [0.25, 0.3) is 0 Å². The van der Waals surface area contributed by atoms with Gasteiger partial charge in [0.15, 0.2) is 0 Å². The Labute approximate surface area is 120 Å². The van der Waals surface area contributed by atoms with Crippen molar-refractivity contribution in [3.05, 3.63) is 29.8 Å². The molecular weight excluding hydrogens is 252 g/mol. The monoisotopic (exact) mass is 276 g/mol. The van der Waals surface area contributed by atoms with E-state index in [4.69, 9.17) is 9.47 Å². The summed E-state index contributed by atoms with van der Waals surface area (Å²) in [6, 6.07) is 7.80. The van der Waals surface area contributed by atoms with Gasteiger partial charge in [0.25, 0.3) is 0 Å². The zero-order valence-corrected chi connectivity index (χ0v) is 12.2. The molecule has 1 saturated carbocycles. The molecule has 1 aromatic rings. The van der Waals surface area contributed by atoms with E-state index in [9.17, 15) is 5.11 Å². The summed E-state index contributed by atoms with van der Waals surface area (Å²) in [5.74, 6) is 1.11. The number of aliphatic hydroxyl groups excluding tert-OH is 1. The number of rotatable bonds is 3. The Hall–Kier alpha value is -1.06. The van der Waals surface area contributed by atoms with Crippen molar-refractivity contribution in [2.45, 2.75) is 50.2 Å². The Morgan fingerprint density at radius 1 is 1.35 bits per heavy atom. The maximum atomic E-state index is 10.7. The van der Waals surface area contributed by atoms with Gasteiger partial charge in [0.05, 0.1) is 18.8 Å². The fourth-order valence-corrected chi connectivity index (χ4v) is 3.80. The molecule has 0 amide bonds. The van der Waals surface area contributed by atoms with Gasteiger partial charge in [-0.2, -0.15) is 0 Å². The Bertz CT molecular complexity index is 451. The van der Waals surface area contributed by atoms with Crippen LogP contribution in [0, 0.1) is 5.92 Å². The van der Waals surface area contributed by atoms with E-state index < -0.39 is 6.10 Å². The molecule has 3 rings (SSSR count). The van der Waals surface area contributed by atoms with Gasteiger partial charge in [-0.15, -0.1) is 0 Å². The van der Waals surface area contributed by atoms with Crippen molar-refractivity contribution < 1.29 is 14.6 Å². The van der Waals surface area contributed by atoms with E-state index in [2.05, 4.69) is 0 Å². The third-order valence-electron chi connectivity index (χ3n) is 4.93. The molecule has 1 heterocycles. The molecule has 1 aliphatic carbocycles. The normalized spacial score (nSPS) is 26.6. The molecule has 1 spiro atoms. The van der Waals surface area contributed by atoms with Crippen LogP contribution in [0.3, 0.4) is 0 Å². The maximum Gasteiger partial charge on any atom is 0.119 e. The highest BCUT2D eigenvalue weighted by Gasteiger charge is 2.41. The van der Waals surface area contributed by atoms with Crippen molar-refractivity contribution in [3.63, 3.8) is 0 Å². The lowest BCUT2D eigenvalue weighted by atomic mass is 9.80. The van der Waals surface area contributed by atoms with Crippen molar-refractivity contribution in [2.75, 3.05) is 13.7 Å². The first kappa shape index (κ1) is 13.9. The van der Waals surface area contributed by atoms with Gasteiger partial charge in [0.1, 0.15) is 5.75 Å². The quantitative estimate of drug-likeness (QED) is 0.918. The molecule has 2 aliphatic rings. The van der Waals surface area contributed by atoms with Gasteiger partial charge in [0, 0.05) is 6.61 Å². The largest absolute Gasteiger partial charge is 0.497 e. The molecule has 20 heavy (non-hydrogen) atoms. The second-order valence-electron chi connectivity index (χ2n) is 6.21. The Balaban J connectivity index is 1.74. The highest BCUT2D eigenvalue weighted by atomic mass is 16.5. The fourth-order valence-electron chi connectivity index (χ4n) is 3.80. The summed E-state index contributed by atoms with van der Waals surface area (Å²) in [5.41, 5.74) is 1.02. The van der Waals surface area contributed by atoms with Crippen molar-refractivity contribution in [3.8, 4) is 5.75 Å². The van der Waals surface area contributed by atoms with Crippen LogP contribution in [-0.2, 0) is 4.74 Å². The molecule has 1 aliphatic heterocycles. The molecule has 0 aromatic heterocycles. The number of methoxy groups -OCH3 is 1. The predicted octanol–water partition coefficient (Wildman–Crippen LogP) is 3.47. The Morgan fingerprint density at radius 2 is 2.15 bits per heavy atom. The van der Waals surface area contributed by atoms with Crippen molar-refractivity contribution in [1.82, 2.24) is 0 Å². The lowest BCUT2D eigenvalue weighted by molar-refractivity contribution is -0.113. The maximum absolute atomic E-state index is 10.7. The first-order valence-corrected chi connectivity index (χ1v) is 7.68. The molecule has 1 aromatic carbocycles. The van der Waals surface area contributed by atoms with Gasteiger partial charge in [-0.3, -0.25) is 0 Å². The standard InChI is InChI=1S/C17H24O3/c1-19-15-6-4-5-13(11-15)16(18)14-7-10-20-17(12-14)8-2-3-9-17/h4-6,11,14,16,18H,2-3,7-10,12H2,1H3. The smallest absolute Gasteiger partial charge is 0.119 e. The average Bonchev–Trinajstić information content (AvgIpc) is 2.94. The van der Waals surface area contributed by atoms with Gasteiger partial charge in [0.2, 0.25) is 0 Å². The first-order chi connectivity index (χ1) is 9.72. The van der Waals surface area contributed by atoms with Gasteiger partial charge in [-0.25, -0.2) is 0 Å². The van der Waals surface area contributed by atoms with E-state index in [0.29, 0.717) is 5.92 Å². The summed E-state index contributed by atoms with van der Waals surface area (Å²) in [7, 11) is 1.66. The van der Waals surface area contributed by atoms with Crippen LogP contribution < -0.4 is 4.74 Å². The van der Waals surface area contributed by atoms with Crippen molar-refractivity contribution in [2.24, 2.45) is 5.92 Å². The van der Waals surface area contributed by atoms with Gasteiger partial charge in [-0.05, 0) is 49.3 Å². The van der Waals surface area contributed by atoms with Crippen LogP contribution in [0.15, 0.2) is 24.3 Å². The number of ether oxygens (including phenoxy) is 2. The fraction of sp³-hybridized carbons (Fsp3) is 0.647. The Morgan fingerprint density at radius 3 is 2.90 bits per heavy atom. The number of hydrogen-bond acceptors (Lipinski definition) is 3. The zero-order valence-electron chi connectivity index (χ0n) is 12.2. The number of hydrogen-bond donors (Lipinski definition) is 1. The third kappa shape index (κ3) is 2.70. The molecule has 2 unspecified atom stereocenters. The minimum atomic E-state index is -0.411. The lowest BCUT2D eigenvalue weighted by Crippen LogP contribution is -2.39. The van der Waals surface area contributed by atoms with Gasteiger partial charge in [-0.1, -0.05) is 25.0 Å². The second-order valence-corrected chi connectivity index (χ2v) is 6.21. The number of aliphatic hydroxyl groups is 1. The SMILES string of the molecule is COc1cccc(C(O)C2CCOC3(CCCC3)C2)c1. The predicted molar refractivity (Wildman–Crippen MR) is 77.8 cm³/mol. The summed E-state index contributed by atoms with van der Waals surface area (Å²) in [6.07, 6.45) is 6.38. The van der Waals surface area contributed by atoms with E-state index in [1.807, 2.05) is 24.3 Å². The molecule has 110 valence electrons. The van der Waals surface area contributed by atoms with E-state index in [1.54, 1.807) is 7.11 Å². The molecule has 2 fully saturated rings. The third-order valence-corrected chi connectivity index (χ3v) is 4.93. The van der Waals surface area contributed by atoms with Crippen LogP contribution >= 0.6 is 0 Å². The molecule has 0 bridgehead atoms. The van der Waals surface area contributed by atoms with E-state index >= 15 is 0 Å². The minimum absolute atomic E-state index is 0.0583. The van der Waals surface area contributed by atoms with E-state index in [-0.39, 0.29) is 5.60 Å². The number of benzene rings is 1. The molecule has 2 atom stereocenters. The zero-order chi connectivity index (χ0) is 14.0. The topological polar surface area (TPSA) is 38.7 Å². The minimum Gasteiger partial charge on any atom is -0.497 e. The van der Waals surface area contributed by atoms with Crippen molar-refractivity contribution in [1.29, 1.82) is 0 Å². The molecule has 1 N–H and O–H groups in total. The average molecular weight is 276 g/mol. The van der Waals surface area contributed by atoms with Crippen LogP contribution in [0.1, 0.15) is 50.2 Å². The summed E-state index contributed by atoms with van der Waals surface area (Å²) < 4.78 is 11.3. The summed E-state index contributed by atoms with van der Waals surface area (Å²) in [5, 5.41) is 10.7. The van der Waals surface area contributed by atoms with E-state index in [0.717, 1.165) is 43.6 Å². The van der Waals surface area contributed by atoms with Crippen LogP contribution in [0.5, 0.6) is 5.75 Å². The molecule has 0 radical (unpaired) electrons. The lowest BCUT2D eigenvalue weighted by Gasteiger charge is -2.40. The highest BCUT2D eigenvalue weighted by molar-refractivity contribution is 5.30.